The van der Waals surface area contributed by atoms with Crippen LogP contribution in [0.25, 0.3) is 0 Å². The van der Waals surface area contributed by atoms with E-state index in [4.69, 9.17) is 0 Å². The third-order valence-corrected chi connectivity index (χ3v) is 7.56. The summed E-state index contributed by atoms with van der Waals surface area (Å²) in [7, 11) is 1.98. The standard InChI is InChI=1S/C23H28N6OS/c1-17-26-19(15-31-17)13-29-10-4-7-23(22(29)30)16-28(12-18-5-3-8-24-11-18)14-20(23)21-6-9-25-27(21)2/h3,5-6,8-9,11,15,20H,4,7,10,12-14,16H2,1-2H3/t20-,23+/m0/s1. The van der Waals surface area contributed by atoms with E-state index in [9.17, 15) is 4.79 Å². The average Bonchev–Trinajstić information content (AvgIpc) is 3.46. The Morgan fingerprint density at radius 3 is 2.87 bits per heavy atom. The predicted molar refractivity (Wildman–Crippen MR) is 119 cm³/mol. The van der Waals surface area contributed by atoms with Crippen molar-refractivity contribution in [2.24, 2.45) is 12.5 Å². The fourth-order valence-electron chi connectivity index (χ4n) is 5.39. The molecule has 7 nitrogen and oxygen atoms in total. The lowest BCUT2D eigenvalue weighted by Crippen LogP contribution is -2.52. The highest BCUT2D eigenvalue weighted by atomic mass is 32.1. The van der Waals surface area contributed by atoms with Gasteiger partial charge in [0.1, 0.15) is 0 Å². The second kappa shape index (κ2) is 8.16. The molecule has 2 aliphatic rings. The number of likely N-dealkylation sites (tertiary alicyclic amines) is 2. The first-order valence-electron chi connectivity index (χ1n) is 10.8. The van der Waals surface area contributed by atoms with Gasteiger partial charge in [0.25, 0.3) is 0 Å². The van der Waals surface area contributed by atoms with Gasteiger partial charge in [-0.25, -0.2) is 4.98 Å². The van der Waals surface area contributed by atoms with E-state index in [0.29, 0.717) is 6.54 Å². The monoisotopic (exact) mass is 436 g/mol. The van der Waals surface area contributed by atoms with Crippen LogP contribution in [-0.2, 0) is 24.9 Å². The van der Waals surface area contributed by atoms with Crippen molar-refractivity contribution in [2.75, 3.05) is 19.6 Å². The zero-order valence-electron chi connectivity index (χ0n) is 18.1. The summed E-state index contributed by atoms with van der Waals surface area (Å²) in [6, 6.07) is 6.16. The lowest BCUT2D eigenvalue weighted by atomic mass is 9.70. The van der Waals surface area contributed by atoms with Gasteiger partial charge in [-0.2, -0.15) is 5.10 Å². The summed E-state index contributed by atoms with van der Waals surface area (Å²) >= 11 is 1.65. The average molecular weight is 437 g/mol. The summed E-state index contributed by atoms with van der Waals surface area (Å²) < 4.78 is 1.94. The molecular weight excluding hydrogens is 408 g/mol. The minimum Gasteiger partial charge on any atom is -0.336 e. The first-order chi connectivity index (χ1) is 15.0. The van der Waals surface area contributed by atoms with Crippen LogP contribution < -0.4 is 0 Å². The van der Waals surface area contributed by atoms with Gasteiger partial charge in [0.15, 0.2) is 0 Å². The van der Waals surface area contributed by atoms with E-state index in [1.54, 1.807) is 17.5 Å². The van der Waals surface area contributed by atoms with Crippen LogP contribution in [0, 0.1) is 12.3 Å². The molecule has 0 bridgehead atoms. The number of rotatable bonds is 5. The molecule has 0 unspecified atom stereocenters. The summed E-state index contributed by atoms with van der Waals surface area (Å²) in [5, 5.41) is 7.54. The number of amides is 1. The molecule has 0 saturated carbocycles. The molecule has 162 valence electrons. The second-order valence-electron chi connectivity index (χ2n) is 8.81. The number of aryl methyl sites for hydroxylation is 2. The topological polar surface area (TPSA) is 67.2 Å². The second-order valence-corrected chi connectivity index (χ2v) is 9.87. The summed E-state index contributed by atoms with van der Waals surface area (Å²) in [6.45, 7) is 5.85. The van der Waals surface area contributed by atoms with Crippen LogP contribution in [0.2, 0.25) is 0 Å². The van der Waals surface area contributed by atoms with Gasteiger partial charge in [0.05, 0.1) is 22.7 Å². The molecule has 0 N–H and O–H groups in total. The Labute approximate surface area is 186 Å². The molecule has 2 fully saturated rings. The van der Waals surface area contributed by atoms with Crippen molar-refractivity contribution >= 4 is 17.2 Å². The summed E-state index contributed by atoms with van der Waals surface area (Å²) in [4.78, 5) is 27.3. The number of hydrogen-bond acceptors (Lipinski definition) is 6. The minimum atomic E-state index is -0.417. The third kappa shape index (κ3) is 3.78. The van der Waals surface area contributed by atoms with Crippen LogP contribution in [0.3, 0.4) is 0 Å². The molecular formula is C23H28N6OS. The van der Waals surface area contributed by atoms with E-state index < -0.39 is 5.41 Å². The summed E-state index contributed by atoms with van der Waals surface area (Å²) in [5.74, 6) is 0.397. The highest BCUT2D eigenvalue weighted by molar-refractivity contribution is 7.09. The Balaban J connectivity index is 1.45. The molecule has 5 rings (SSSR count). The van der Waals surface area contributed by atoms with E-state index in [2.05, 4.69) is 37.5 Å². The van der Waals surface area contributed by atoms with Crippen LogP contribution >= 0.6 is 11.3 Å². The largest absolute Gasteiger partial charge is 0.336 e. The minimum absolute atomic E-state index is 0.129. The summed E-state index contributed by atoms with van der Waals surface area (Å²) in [5.41, 5.74) is 2.91. The van der Waals surface area contributed by atoms with Crippen LogP contribution in [0.4, 0.5) is 0 Å². The van der Waals surface area contributed by atoms with Gasteiger partial charge in [0, 0.05) is 68.8 Å². The molecule has 8 heteroatoms. The highest BCUT2D eigenvalue weighted by Gasteiger charge is 2.55. The lowest BCUT2D eigenvalue weighted by Gasteiger charge is -2.42. The number of nitrogens with zero attached hydrogens (tertiary/aromatic N) is 6. The van der Waals surface area contributed by atoms with Gasteiger partial charge in [-0.3, -0.25) is 19.4 Å². The maximum absolute atomic E-state index is 14.0. The maximum Gasteiger partial charge on any atom is 0.231 e. The van der Waals surface area contributed by atoms with Gasteiger partial charge < -0.3 is 4.90 Å². The number of carbonyl (C=O) groups excluding carboxylic acids is 1. The normalized spacial score (nSPS) is 24.4. The molecule has 1 spiro atoms. The van der Waals surface area contributed by atoms with Crippen molar-refractivity contribution in [3.05, 3.63) is 64.1 Å². The predicted octanol–water partition coefficient (Wildman–Crippen LogP) is 2.99. The van der Waals surface area contributed by atoms with E-state index in [0.717, 1.165) is 55.4 Å². The molecule has 3 aromatic rings. The number of hydrogen-bond donors (Lipinski definition) is 0. The van der Waals surface area contributed by atoms with Gasteiger partial charge in [-0.05, 0) is 37.5 Å². The van der Waals surface area contributed by atoms with Crippen molar-refractivity contribution in [3.8, 4) is 0 Å². The quantitative estimate of drug-likeness (QED) is 0.615. The van der Waals surface area contributed by atoms with E-state index in [1.807, 2.05) is 42.0 Å². The van der Waals surface area contributed by atoms with Crippen LogP contribution in [0.15, 0.2) is 42.2 Å². The summed E-state index contributed by atoms with van der Waals surface area (Å²) in [6.07, 6.45) is 7.50. The number of piperidine rings is 1. The molecule has 2 saturated heterocycles. The van der Waals surface area contributed by atoms with Crippen molar-refractivity contribution in [1.82, 2.24) is 29.5 Å². The zero-order chi connectivity index (χ0) is 21.4. The molecule has 31 heavy (non-hydrogen) atoms. The first kappa shape index (κ1) is 20.3. The lowest BCUT2D eigenvalue weighted by molar-refractivity contribution is -0.147. The number of aromatic nitrogens is 4. The molecule has 3 aromatic heterocycles. The fraction of sp³-hybridized carbons (Fsp3) is 0.478. The molecule has 0 aliphatic carbocycles. The van der Waals surface area contributed by atoms with Crippen molar-refractivity contribution in [3.63, 3.8) is 0 Å². The SMILES string of the molecule is Cc1nc(CN2CCC[C@]3(CN(Cc4cccnc4)C[C@H]3c3ccnn3C)C2=O)cs1. The smallest absolute Gasteiger partial charge is 0.231 e. The Morgan fingerprint density at radius 2 is 2.16 bits per heavy atom. The van der Waals surface area contributed by atoms with Crippen molar-refractivity contribution in [2.45, 2.75) is 38.8 Å². The van der Waals surface area contributed by atoms with Crippen LogP contribution in [0.5, 0.6) is 0 Å². The first-order valence-corrected chi connectivity index (χ1v) is 11.7. The van der Waals surface area contributed by atoms with Gasteiger partial charge in [-0.15, -0.1) is 11.3 Å². The van der Waals surface area contributed by atoms with Gasteiger partial charge in [0.2, 0.25) is 5.91 Å². The number of pyridine rings is 1. The highest BCUT2D eigenvalue weighted by Crippen LogP contribution is 2.49. The Kier molecular flexibility index (Phi) is 5.35. The number of thiazole rings is 1. The third-order valence-electron chi connectivity index (χ3n) is 6.74. The van der Waals surface area contributed by atoms with E-state index in [1.165, 1.54) is 5.56 Å². The fourth-order valence-corrected chi connectivity index (χ4v) is 5.99. The molecule has 0 aromatic carbocycles. The molecule has 1 amide bonds. The van der Waals surface area contributed by atoms with E-state index >= 15 is 0 Å². The zero-order valence-corrected chi connectivity index (χ0v) is 18.9. The Bertz CT molecular complexity index is 1060. The molecule has 2 aliphatic heterocycles. The molecule has 5 heterocycles. The molecule has 0 radical (unpaired) electrons. The van der Waals surface area contributed by atoms with E-state index in [-0.39, 0.29) is 11.8 Å². The molecule has 2 atom stereocenters. The number of carbonyl (C=O) groups is 1. The van der Waals surface area contributed by atoms with Crippen LogP contribution in [0.1, 0.15) is 40.7 Å². The van der Waals surface area contributed by atoms with Gasteiger partial charge >= 0.3 is 0 Å². The maximum atomic E-state index is 14.0. The Morgan fingerprint density at radius 1 is 1.26 bits per heavy atom. The van der Waals surface area contributed by atoms with Crippen molar-refractivity contribution < 1.29 is 4.79 Å². The van der Waals surface area contributed by atoms with Crippen LogP contribution in [-0.4, -0.2) is 55.1 Å². The van der Waals surface area contributed by atoms with Crippen molar-refractivity contribution in [1.29, 1.82) is 0 Å². The van der Waals surface area contributed by atoms with Gasteiger partial charge in [-0.1, -0.05) is 6.07 Å². The Hall–Kier alpha value is -2.58.